The third-order valence-electron chi connectivity index (χ3n) is 5.34. The van der Waals surface area contributed by atoms with Crippen molar-refractivity contribution in [2.24, 2.45) is 0 Å². The highest BCUT2D eigenvalue weighted by Crippen LogP contribution is 2.41. The molecule has 0 bridgehead atoms. The molecule has 1 amide bonds. The van der Waals surface area contributed by atoms with Crippen molar-refractivity contribution in [2.75, 3.05) is 5.32 Å². The van der Waals surface area contributed by atoms with E-state index >= 15 is 0 Å². The maximum atomic E-state index is 12.9. The lowest BCUT2D eigenvalue weighted by atomic mass is 9.97. The largest absolute Gasteiger partial charge is 0.481 e. The van der Waals surface area contributed by atoms with Crippen molar-refractivity contribution in [1.82, 2.24) is 0 Å². The summed E-state index contributed by atoms with van der Waals surface area (Å²) in [6, 6.07) is 27.0. The average Bonchev–Trinajstić information content (AvgIpc) is 3.18. The van der Waals surface area contributed by atoms with E-state index in [2.05, 4.69) is 11.4 Å². The number of rotatable bonds is 6. The van der Waals surface area contributed by atoms with E-state index in [1.54, 1.807) is 19.1 Å². The van der Waals surface area contributed by atoms with Crippen LogP contribution in [0.25, 0.3) is 22.5 Å². The Bertz CT molecular complexity index is 1300. The van der Waals surface area contributed by atoms with Gasteiger partial charge in [-0.05, 0) is 38.5 Å². The summed E-state index contributed by atoms with van der Waals surface area (Å²) in [5.41, 5.74) is 4.80. The quantitative estimate of drug-likeness (QED) is 0.374. The van der Waals surface area contributed by atoms with E-state index in [-0.39, 0.29) is 11.4 Å². The van der Waals surface area contributed by atoms with Gasteiger partial charge in [0.05, 0.1) is 0 Å². The SMILES string of the molecule is Cc1ccc(-c2oc(NC(=O)[C@H](C)Oc3ccccc3)c(C#N)c2-c2ccc(C)cc2)cc1. The number of carbonyl (C=O) groups excluding carboxylic acids is 1. The molecular weight excluding hydrogens is 412 g/mol. The Hall–Kier alpha value is -4.30. The van der Waals surface area contributed by atoms with Crippen LogP contribution in [0.3, 0.4) is 0 Å². The Morgan fingerprint density at radius 2 is 1.48 bits per heavy atom. The van der Waals surface area contributed by atoms with Crippen molar-refractivity contribution >= 4 is 11.8 Å². The molecule has 3 aromatic carbocycles. The fraction of sp³-hybridized carbons (Fsp3) is 0.143. The van der Waals surface area contributed by atoms with E-state index in [1.165, 1.54) is 0 Å². The number of ether oxygens (including phenoxy) is 1. The first-order valence-corrected chi connectivity index (χ1v) is 10.7. The first-order valence-electron chi connectivity index (χ1n) is 10.7. The van der Waals surface area contributed by atoms with Crippen LogP contribution in [0.5, 0.6) is 5.75 Å². The second-order valence-electron chi connectivity index (χ2n) is 7.92. The summed E-state index contributed by atoms with van der Waals surface area (Å²) in [7, 11) is 0. The van der Waals surface area contributed by atoms with Gasteiger partial charge in [-0.3, -0.25) is 10.1 Å². The standard InChI is InChI=1S/C28H24N2O3/c1-18-9-13-21(14-10-18)25-24(17-29)28(33-26(25)22-15-11-19(2)12-16-22)30-27(31)20(3)32-23-7-5-4-6-8-23/h4-16,20H,1-3H3,(H,30,31)/t20-/m0/s1. The van der Waals surface area contributed by atoms with Gasteiger partial charge in [-0.15, -0.1) is 0 Å². The molecule has 0 saturated heterocycles. The van der Waals surface area contributed by atoms with E-state index in [4.69, 9.17) is 9.15 Å². The lowest BCUT2D eigenvalue weighted by Crippen LogP contribution is -2.30. The van der Waals surface area contributed by atoms with E-state index in [1.807, 2.05) is 80.6 Å². The highest BCUT2D eigenvalue weighted by Gasteiger charge is 2.26. The molecule has 0 aliphatic rings. The molecule has 5 heteroatoms. The molecule has 4 rings (SSSR count). The monoisotopic (exact) mass is 436 g/mol. The predicted molar refractivity (Wildman–Crippen MR) is 129 cm³/mol. The van der Waals surface area contributed by atoms with Crippen LogP contribution in [0.1, 0.15) is 23.6 Å². The summed E-state index contributed by atoms with van der Waals surface area (Å²) in [5.74, 6) is 0.815. The van der Waals surface area contributed by atoms with Crippen LogP contribution in [0.15, 0.2) is 83.3 Å². The van der Waals surface area contributed by atoms with Crippen molar-refractivity contribution < 1.29 is 13.9 Å². The van der Waals surface area contributed by atoms with E-state index in [0.29, 0.717) is 17.1 Å². The number of para-hydroxylation sites is 1. The number of hydrogen-bond acceptors (Lipinski definition) is 4. The van der Waals surface area contributed by atoms with Crippen LogP contribution in [-0.4, -0.2) is 12.0 Å². The Morgan fingerprint density at radius 1 is 0.909 bits per heavy atom. The van der Waals surface area contributed by atoms with Gasteiger partial charge in [-0.25, -0.2) is 0 Å². The van der Waals surface area contributed by atoms with Crippen LogP contribution >= 0.6 is 0 Å². The van der Waals surface area contributed by atoms with Gasteiger partial charge in [0.15, 0.2) is 6.10 Å². The number of furan rings is 1. The summed E-state index contributed by atoms with van der Waals surface area (Å²) in [6.07, 6.45) is -0.783. The third-order valence-corrected chi connectivity index (χ3v) is 5.34. The Balaban J connectivity index is 1.73. The second-order valence-corrected chi connectivity index (χ2v) is 7.92. The lowest BCUT2D eigenvalue weighted by Gasteiger charge is -2.13. The summed E-state index contributed by atoms with van der Waals surface area (Å²) in [6.45, 7) is 5.66. The molecule has 0 radical (unpaired) electrons. The van der Waals surface area contributed by atoms with Gasteiger partial charge in [-0.1, -0.05) is 77.9 Å². The number of nitrogens with one attached hydrogen (secondary N) is 1. The minimum Gasteiger partial charge on any atom is -0.481 e. The molecule has 33 heavy (non-hydrogen) atoms. The third kappa shape index (κ3) is 4.81. The summed E-state index contributed by atoms with van der Waals surface area (Å²) >= 11 is 0. The molecule has 1 N–H and O–H groups in total. The minimum atomic E-state index is -0.783. The highest BCUT2D eigenvalue weighted by atomic mass is 16.5. The molecule has 0 unspecified atom stereocenters. The number of benzene rings is 3. The summed E-state index contributed by atoms with van der Waals surface area (Å²) in [4.78, 5) is 12.9. The van der Waals surface area contributed by atoms with Crippen molar-refractivity contribution in [1.29, 1.82) is 5.26 Å². The molecule has 164 valence electrons. The minimum absolute atomic E-state index is 0.108. The van der Waals surface area contributed by atoms with Gasteiger partial charge in [0.1, 0.15) is 23.1 Å². The normalized spacial score (nSPS) is 11.5. The number of amides is 1. The summed E-state index contributed by atoms with van der Waals surface area (Å²) < 4.78 is 11.8. The number of hydrogen-bond donors (Lipinski definition) is 1. The van der Waals surface area contributed by atoms with E-state index < -0.39 is 12.0 Å². The van der Waals surface area contributed by atoms with Crippen LogP contribution in [0.4, 0.5) is 5.88 Å². The molecule has 0 aliphatic heterocycles. The van der Waals surface area contributed by atoms with Crippen LogP contribution in [0, 0.1) is 25.2 Å². The van der Waals surface area contributed by atoms with Crippen molar-refractivity contribution in [2.45, 2.75) is 26.9 Å². The molecule has 5 nitrogen and oxygen atoms in total. The molecule has 0 fully saturated rings. The Kier molecular flexibility index (Phi) is 6.28. The van der Waals surface area contributed by atoms with E-state index in [0.717, 1.165) is 22.3 Å². The van der Waals surface area contributed by atoms with Crippen LogP contribution < -0.4 is 10.1 Å². The first kappa shape index (κ1) is 21.9. The topological polar surface area (TPSA) is 75.3 Å². The van der Waals surface area contributed by atoms with Crippen molar-refractivity contribution in [3.05, 3.63) is 95.6 Å². The van der Waals surface area contributed by atoms with Gasteiger partial charge in [0.25, 0.3) is 5.91 Å². The maximum absolute atomic E-state index is 12.9. The average molecular weight is 437 g/mol. The smallest absolute Gasteiger partial charge is 0.267 e. The Labute approximate surface area is 193 Å². The first-order chi connectivity index (χ1) is 16.0. The van der Waals surface area contributed by atoms with Crippen LogP contribution in [0.2, 0.25) is 0 Å². The molecule has 0 spiro atoms. The fourth-order valence-electron chi connectivity index (χ4n) is 3.50. The van der Waals surface area contributed by atoms with Gasteiger partial charge in [0, 0.05) is 11.1 Å². The number of anilines is 1. The number of aryl methyl sites for hydroxylation is 2. The van der Waals surface area contributed by atoms with Gasteiger partial charge in [-0.2, -0.15) is 5.26 Å². The number of nitriles is 1. The summed E-state index contributed by atoms with van der Waals surface area (Å²) in [5, 5.41) is 12.8. The molecule has 1 aromatic heterocycles. The predicted octanol–water partition coefficient (Wildman–Crippen LogP) is 6.51. The Morgan fingerprint density at radius 3 is 2.06 bits per heavy atom. The fourth-order valence-corrected chi connectivity index (χ4v) is 3.50. The van der Waals surface area contributed by atoms with Crippen LogP contribution in [-0.2, 0) is 4.79 Å². The zero-order valence-electron chi connectivity index (χ0n) is 18.8. The number of nitrogens with zero attached hydrogens (tertiary/aromatic N) is 1. The molecular formula is C28H24N2O3. The van der Waals surface area contributed by atoms with E-state index in [9.17, 15) is 10.1 Å². The molecule has 1 atom stereocenters. The number of carbonyl (C=O) groups is 1. The highest BCUT2D eigenvalue weighted by molar-refractivity contribution is 5.97. The molecule has 0 aliphatic carbocycles. The maximum Gasteiger partial charge on any atom is 0.267 e. The van der Waals surface area contributed by atoms with Crippen molar-refractivity contribution in [3.63, 3.8) is 0 Å². The van der Waals surface area contributed by atoms with Gasteiger partial charge in [0.2, 0.25) is 5.88 Å². The molecule has 1 heterocycles. The molecule has 4 aromatic rings. The molecule has 0 saturated carbocycles. The van der Waals surface area contributed by atoms with Crippen molar-refractivity contribution in [3.8, 4) is 34.3 Å². The second kappa shape index (κ2) is 9.46. The van der Waals surface area contributed by atoms with Gasteiger partial charge >= 0.3 is 0 Å². The zero-order chi connectivity index (χ0) is 23.4. The zero-order valence-corrected chi connectivity index (χ0v) is 18.8. The lowest BCUT2D eigenvalue weighted by molar-refractivity contribution is -0.122. The van der Waals surface area contributed by atoms with Gasteiger partial charge < -0.3 is 9.15 Å².